The van der Waals surface area contributed by atoms with Gasteiger partial charge in [-0.2, -0.15) is 0 Å². The Morgan fingerprint density at radius 1 is 1.32 bits per heavy atom. The van der Waals surface area contributed by atoms with Gasteiger partial charge in [0, 0.05) is 5.92 Å². The van der Waals surface area contributed by atoms with Crippen LogP contribution in [0.15, 0.2) is 6.20 Å². The lowest BCUT2D eigenvalue weighted by Crippen LogP contribution is -2.45. The van der Waals surface area contributed by atoms with E-state index in [0.29, 0.717) is 30.7 Å². The molecule has 2 aliphatic rings. The van der Waals surface area contributed by atoms with Gasteiger partial charge in [0.1, 0.15) is 17.4 Å². The van der Waals surface area contributed by atoms with Crippen LogP contribution < -0.4 is 15.8 Å². The molecule has 25 heavy (non-hydrogen) atoms. The summed E-state index contributed by atoms with van der Waals surface area (Å²) in [7, 11) is 0. The van der Waals surface area contributed by atoms with E-state index < -0.39 is 17.9 Å². The normalized spacial score (nSPS) is 18.0. The summed E-state index contributed by atoms with van der Waals surface area (Å²) < 4.78 is 5.82. The van der Waals surface area contributed by atoms with Gasteiger partial charge in [-0.15, -0.1) is 0 Å². The van der Waals surface area contributed by atoms with Crippen LogP contribution in [0.1, 0.15) is 68.1 Å². The van der Waals surface area contributed by atoms with Crippen molar-refractivity contribution >= 4 is 11.8 Å². The monoisotopic (exact) mass is 346 g/mol. The summed E-state index contributed by atoms with van der Waals surface area (Å²) in [5.41, 5.74) is 6.38. The molecule has 0 aromatic carbocycles. The molecule has 1 aromatic heterocycles. The molecular formula is C18H26N4O3. The summed E-state index contributed by atoms with van der Waals surface area (Å²) in [6.07, 6.45) is 6.47. The fourth-order valence-corrected chi connectivity index (χ4v) is 2.66. The molecular weight excluding hydrogens is 320 g/mol. The molecule has 0 bridgehead atoms. The van der Waals surface area contributed by atoms with Crippen molar-refractivity contribution in [1.82, 2.24) is 15.3 Å². The van der Waals surface area contributed by atoms with Crippen molar-refractivity contribution in [2.75, 3.05) is 6.61 Å². The Kier molecular flexibility index (Phi) is 5.20. The Balaban J connectivity index is 1.72. The second-order valence-corrected chi connectivity index (χ2v) is 7.53. The van der Waals surface area contributed by atoms with E-state index in [4.69, 9.17) is 10.5 Å². The molecule has 0 saturated heterocycles. The lowest BCUT2D eigenvalue weighted by molar-refractivity contribution is -0.120. The van der Waals surface area contributed by atoms with Crippen molar-refractivity contribution in [1.29, 1.82) is 0 Å². The number of amides is 2. The van der Waals surface area contributed by atoms with Gasteiger partial charge in [-0.05, 0) is 43.9 Å². The van der Waals surface area contributed by atoms with E-state index in [1.54, 1.807) is 0 Å². The van der Waals surface area contributed by atoms with Crippen LogP contribution in [0.2, 0.25) is 0 Å². The zero-order chi connectivity index (χ0) is 18.0. The highest BCUT2D eigenvalue weighted by atomic mass is 16.5. The number of nitrogens with zero attached hydrogens (tertiary/aromatic N) is 2. The maximum Gasteiger partial charge on any atom is 0.272 e. The number of primary amides is 1. The number of ether oxygens (including phenoxy) is 1. The molecule has 0 aliphatic heterocycles. The van der Waals surface area contributed by atoms with Gasteiger partial charge >= 0.3 is 0 Å². The Morgan fingerprint density at radius 2 is 2.04 bits per heavy atom. The first-order chi connectivity index (χ1) is 11.9. The smallest absolute Gasteiger partial charge is 0.272 e. The fraction of sp³-hybridized carbons (Fsp3) is 0.667. The van der Waals surface area contributed by atoms with Crippen LogP contribution in [-0.2, 0) is 4.79 Å². The molecule has 136 valence electrons. The molecule has 0 radical (unpaired) electrons. The van der Waals surface area contributed by atoms with Crippen molar-refractivity contribution in [2.45, 2.75) is 57.9 Å². The van der Waals surface area contributed by atoms with E-state index in [9.17, 15) is 9.59 Å². The largest absolute Gasteiger partial charge is 0.476 e. The Hall–Kier alpha value is -2.18. The number of rotatable bonds is 9. The number of carbonyl (C=O) groups is 2. The van der Waals surface area contributed by atoms with Gasteiger partial charge in [0.25, 0.3) is 5.91 Å². The van der Waals surface area contributed by atoms with Crippen molar-refractivity contribution in [3.63, 3.8) is 0 Å². The van der Waals surface area contributed by atoms with Crippen LogP contribution in [0.25, 0.3) is 0 Å². The average molecular weight is 346 g/mol. The van der Waals surface area contributed by atoms with E-state index in [0.717, 1.165) is 18.5 Å². The van der Waals surface area contributed by atoms with Crippen LogP contribution in [0, 0.1) is 11.8 Å². The van der Waals surface area contributed by atoms with E-state index in [1.807, 2.05) is 13.8 Å². The van der Waals surface area contributed by atoms with Crippen molar-refractivity contribution in [2.24, 2.45) is 17.6 Å². The predicted molar refractivity (Wildman–Crippen MR) is 92.1 cm³/mol. The average Bonchev–Trinajstić information content (AvgIpc) is 3.45. The predicted octanol–water partition coefficient (Wildman–Crippen LogP) is 1.77. The number of nitrogens with one attached hydrogen (secondary N) is 1. The molecule has 1 heterocycles. The molecule has 3 rings (SSSR count). The SMILES string of the molecule is CC(C)C[C@H](NC(=O)c1cnc(C2CC2)c(OCC2CC2)n1)C(N)=O. The van der Waals surface area contributed by atoms with Gasteiger partial charge in [0.05, 0.1) is 12.8 Å². The van der Waals surface area contributed by atoms with Crippen molar-refractivity contribution in [3.05, 3.63) is 17.6 Å². The second kappa shape index (κ2) is 7.37. The lowest BCUT2D eigenvalue weighted by atomic mass is 10.0. The molecule has 7 heteroatoms. The van der Waals surface area contributed by atoms with E-state index in [1.165, 1.54) is 19.0 Å². The van der Waals surface area contributed by atoms with Crippen LogP contribution >= 0.6 is 0 Å². The highest BCUT2D eigenvalue weighted by molar-refractivity contribution is 5.95. The molecule has 3 N–H and O–H groups in total. The molecule has 7 nitrogen and oxygen atoms in total. The van der Waals surface area contributed by atoms with E-state index in [2.05, 4.69) is 15.3 Å². The molecule has 0 unspecified atom stereocenters. The van der Waals surface area contributed by atoms with Crippen molar-refractivity contribution < 1.29 is 14.3 Å². The number of nitrogens with two attached hydrogens (primary N) is 1. The first-order valence-electron chi connectivity index (χ1n) is 9.04. The van der Waals surface area contributed by atoms with Crippen LogP contribution in [0.5, 0.6) is 5.88 Å². The van der Waals surface area contributed by atoms with Gasteiger partial charge in [-0.1, -0.05) is 13.8 Å². The summed E-state index contributed by atoms with van der Waals surface area (Å²) in [5.74, 6) is 0.681. The highest BCUT2D eigenvalue weighted by Gasteiger charge is 2.31. The van der Waals surface area contributed by atoms with E-state index >= 15 is 0 Å². The topological polar surface area (TPSA) is 107 Å². The second-order valence-electron chi connectivity index (χ2n) is 7.53. The maximum absolute atomic E-state index is 12.5. The molecule has 2 amide bonds. The summed E-state index contributed by atoms with van der Waals surface area (Å²) in [5, 5.41) is 2.66. The fourth-order valence-electron chi connectivity index (χ4n) is 2.66. The zero-order valence-corrected chi connectivity index (χ0v) is 14.8. The van der Waals surface area contributed by atoms with Gasteiger partial charge in [-0.25, -0.2) is 4.98 Å². The molecule has 1 aromatic rings. The number of hydrogen-bond acceptors (Lipinski definition) is 5. The summed E-state index contributed by atoms with van der Waals surface area (Å²) in [6, 6.07) is -0.715. The third kappa shape index (κ3) is 4.90. The first-order valence-corrected chi connectivity index (χ1v) is 9.04. The third-order valence-electron chi connectivity index (χ3n) is 4.47. The minimum absolute atomic E-state index is 0.158. The van der Waals surface area contributed by atoms with Gasteiger partial charge in [-0.3, -0.25) is 14.6 Å². The quantitative estimate of drug-likeness (QED) is 0.708. The lowest BCUT2D eigenvalue weighted by Gasteiger charge is -2.17. The van der Waals surface area contributed by atoms with Gasteiger partial charge < -0.3 is 15.8 Å². The van der Waals surface area contributed by atoms with Crippen LogP contribution in [-0.4, -0.2) is 34.4 Å². The summed E-state index contributed by atoms with van der Waals surface area (Å²) >= 11 is 0. The standard InChI is InChI=1S/C18H26N4O3/c1-10(2)7-13(16(19)23)21-17(24)14-8-20-15(12-5-6-12)18(22-14)25-9-11-3-4-11/h8,10-13H,3-7,9H2,1-2H3,(H2,19,23)(H,21,24)/t13-/m0/s1. The molecule has 2 fully saturated rings. The maximum atomic E-state index is 12.5. The van der Waals surface area contributed by atoms with Crippen LogP contribution in [0.4, 0.5) is 0 Å². The summed E-state index contributed by atoms with van der Waals surface area (Å²) in [6.45, 7) is 4.56. The molecule has 2 saturated carbocycles. The van der Waals surface area contributed by atoms with Gasteiger partial charge in [0.2, 0.25) is 11.8 Å². The minimum Gasteiger partial charge on any atom is -0.476 e. The first kappa shape index (κ1) is 17.6. The Morgan fingerprint density at radius 3 is 2.60 bits per heavy atom. The highest BCUT2D eigenvalue weighted by Crippen LogP contribution is 2.42. The van der Waals surface area contributed by atoms with Gasteiger partial charge in [0.15, 0.2) is 0 Å². The Labute approximate surface area is 147 Å². The molecule has 0 spiro atoms. The zero-order valence-electron chi connectivity index (χ0n) is 14.8. The minimum atomic E-state index is -0.715. The van der Waals surface area contributed by atoms with Crippen LogP contribution in [0.3, 0.4) is 0 Å². The number of hydrogen-bond donors (Lipinski definition) is 2. The number of aromatic nitrogens is 2. The summed E-state index contributed by atoms with van der Waals surface area (Å²) in [4.78, 5) is 32.8. The van der Waals surface area contributed by atoms with Crippen molar-refractivity contribution in [3.8, 4) is 5.88 Å². The number of carbonyl (C=O) groups excluding carboxylic acids is 2. The third-order valence-corrected chi connectivity index (χ3v) is 4.47. The molecule has 2 aliphatic carbocycles. The molecule has 1 atom stereocenters. The van der Waals surface area contributed by atoms with E-state index in [-0.39, 0.29) is 11.6 Å². The Bertz CT molecular complexity index is 654.